The lowest BCUT2D eigenvalue weighted by Crippen LogP contribution is -2.36. The third kappa shape index (κ3) is 6.65. The van der Waals surface area contributed by atoms with Gasteiger partial charge in [-0.05, 0) is 36.2 Å². The van der Waals surface area contributed by atoms with Crippen molar-refractivity contribution in [3.05, 3.63) is 64.7 Å². The highest BCUT2D eigenvalue weighted by Gasteiger charge is 2.06. The largest absolute Gasteiger partial charge is 0.491 e. The third-order valence-electron chi connectivity index (χ3n) is 3.95. The molecule has 0 fully saturated rings. The number of ether oxygens (including phenoxy) is 2. The second-order valence-electron chi connectivity index (χ2n) is 6.04. The van der Waals surface area contributed by atoms with Crippen LogP contribution in [-0.2, 0) is 17.8 Å². The van der Waals surface area contributed by atoms with E-state index in [4.69, 9.17) is 14.7 Å². The highest BCUT2D eigenvalue weighted by molar-refractivity contribution is 5.79. The molecule has 6 nitrogen and oxygen atoms in total. The van der Waals surface area contributed by atoms with Gasteiger partial charge in [0.15, 0.2) is 5.96 Å². The zero-order chi connectivity index (χ0) is 19.5. The smallest absolute Gasteiger partial charge is 0.191 e. The number of aliphatic imine (C=N–C) groups is 1. The maximum atomic E-state index is 8.99. The van der Waals surface area contributed by atoms with Crippen molar-refractivity contribution in [2.45, 2.75) is 20.0 Å². The molecule has 0 radical (unpaired) electrons. The van der Waals surface area contributed by atoms with Crippen molar-refractivity contribution in [1.82, 2.24) is 10.6 Å². The van der Waals surface area contributed by atoms with Crippen LogP contribution < -0.4 is 15.4 Å². The van der Waals surface area contributed by atoms with Gasteiger partial charge in [0.1, 0.15) is 12.4 Å². The van der Waals surface area contributed by atoms with E-state index in [0.717, 1.165) is 22.4 Å². The zero-order valence-electron chi connectivity index (χ0n) is 16.1. The second-order valence-corrected chi connectivity index (χ2v) is 6.04. The Morgan fingerprint density at radius 1 is 1.11 bits per heavy atom. The summed E-state index contributed by atoms with van der Waals surface area (Å²) in [5.41, 5.74) is 3.86. The number of nitrogens with one attached hydrogen (secondary N) is 2. The molecule has 0 unspecified atom stereocenters. The number of rotatable bonds is 8. The average molecular weight is 366 g/mol. The Kier molecular flexibility index (Phi) is 8.14. The molecular weight excluding hydrogens is 340 g/mol. The van der Waals surface area contributed by atoms with Crippen LogP contribution in [0.4, 0.5) is 0 Å². The number of hydrogen-bond donors (Lipinski definition) is 2. The fraction of sp³-hybridized carbons (Fsp3) is 0.333. The average Bonchev–Trinajstić information content (AvgIpc) is 2.69. The minimum atomic E-state index is 0.509. The van der Waals surface area contributed by atoms with Crippen molar-refractivity contribution >= 4 is 5.96 Å². The van der Waals surface area contributed by atoms with Gasteiger partial charge >= 0.3 is 0 Å². The van der Waals surface area contributed by atoms with Crippen molar-refractivity contribution in [2.24, 2.45) is 4.99 Å². The fourth-order valence-corrected chi connectivity index (χ4v) is 2.51. The summed E-state index contributed by atoms with van der Waals surface area (Å²) in [5.74, 6) is 1.53. The Morgan fingerprint density at radius 2 is 1.93 bits per heavy atom. The van der Waals surface area contributed by atoms with Gasteiger partial charge in [-0.2, -0.15) is 5.26 Å². The van der Waals surface area contributed by atoms with Gasteiger partial charge < -0.3 is 20.1 Å². The maximum Gasteiger partial charge on any atom is 0.191 e. The van der Waals surface area contributed by atoms with E-state index in [1.54, 1.807) is 20.2 Å². The van der Waals surface area contributed by atoms with Crippen LogP contribution in [-0.4, -0.2) is 33.3 Å². The number of nitriles is 1. The molecule has 2 rings (SSSR count). The van der Waals surface area contributed by atoms with Crippen LogP contribution in [0.15, 0.2) is 47.5 Å². The van der Waals surface area contributed by atoms with Crippen LogP contribution in [0.2, 0.25) is 0 Å². The first-order valence-electron chi connectivity index (χ1n) is 8.81. The molecule has 0 saturated carbocycles. The van der Waals surface area contributed by atoms with Gasteiger partial charge in [-0.1, -0.05) is 24.3 Å². The maximum absolute atomic E-state index is 8.99. The summed E-state index contributed by atoms with van der Waals surface area (Å²) >= 11 is 0. The number of methoxy groups -OCH3 is 1. The predicted octanol–water partition coefficient (Wildman–Crippen LogP) is 2.76. The van der Waals surface area contributed by atoms with E-state index in [9.17, 15) is 0 Å². The number of nitrogens with zero attached hydrogens (tertiary/aromatic N) is 2. The van der Waals surface area contributed by atoms with Gasteiger partial charge in [0.2, 0.25) is 0 Å². The Labute approximate surface area is 160 Å². The molecule has 142 valence electrons. The molecule has 0 aliphatic carbocycles. The summed E-state index contributed by atoms with van der Waals surface area (Å²) in [4.78, 5) is 4.25. The minimum absolute atomic E-state index is 0.509. The number of benzene rings is 2. The van der Waals surface area contributed by atoms with E-state index >= 15 is 0 Å². The molecule has 2 aromatic carbocycles. The van der Waals surface area contributed by atoms with Crippen LogP contribution in [0.1, 0.15) is 22.3 Å². The molecule has 2 aromatic rings. The quantitative estimate of drug-likeness (QED) is 0.427. The van der Waals surface area contributed by atoms with Gasteiger partial charge in [-0.3, -0.25) is 4.99 Å². The summed E-state index contributed by atoms with van der Waals surface area (Å²) in [7, 11) is 3.39. The highest BCUT2D eigenvalue weighted by Crippen LogP contribution is 2.20. The van der Waals surface area contributed by atoms with E-state index in [1.165, 1.54) is 0 Å². The molecular formula is C21H26N4O2. The molecule has 0 saturated heterocycles. The first-order valence-corrected chi connectivity index (χ1v) is 8.81. The molecule has 0 spiro atoms. The second kappa shape index (κ2) is 10.8. The van der Waals surface area contributed by atoms with E-state index < -0.39 is 0 Å². The first-order chi connectivity index (χ1) is 13.2. The lowest BCUT2D eigenvalue weighted by Gasteiger charge is -2.15. The van der Waals surface area contributed by atoms with E-state index in [-0.39, 0.29) is 0 Å². The summed E-state index contributed by atoms with van der Waals surface area (Å²) < 4.78 is 10.9. The highest BCUT2D eigenvalue weighted by atomic mass is 16.5. The van der Waals surface area contributed by atoms with Gasteiger partial charge in [-0.25, -0.2) is 0 Å². The van der Waals surface area contributed by atoms with Crippen molar-refractivity contribution in [3.63, 3.8) is 0 Å². The Morgan fingerprint density at radius 3 is 2.67 bits per heavy atom. The zero-order valence-corrected chi connectivity index (χ0v) is 16.1. The van der Waals surface area contributed by atoms with Gasteiger partial charge in [-0.15, -0.1) is 0 Å². The SMILES string of the molecule is CN=C(NCc1cccc(C#N)c1)NCc1ccc(C)cc1OCCOC. The number of guanidine groups is 1. The monoisotopic (exact) mass is 366 g/mol. The van der Waals surface area contributed by atoms with Crippen molar-refractivity contribution in [3.8, 4) is 11.8 Å². The van der Waals surface area contributed by atoms with Crippen LogP contribution in [0, 0.1) is 18.3 Å². The Hall–Kier alpha value is -3.04. The van der Waals surface area contributed by atoms with Gasteiger partial charge in [0.25, 0.3) is 0 Å². The van der Waals surface area contributed by atoms with Crippen molar-refractivity contribution in [2.75, 3.05) is 27.4 Å². The molecule has 0 aliphatic rings. The van der Waals surface area contributed by atoms with Crippen molar-refractivity contribution in [1.29, 1.82) is 5.26 Å². The Balaban J connectivity index is 1.94. The lowest BCUT2D eigenvalue weighted by molar-refractivity contribution is 0.145. The molecule has 6 heteroatoms. The standard InChI is InChI=1S/C21H26N4O2/c1-16-7-8-19(20(11-16)27-10-9-26-3)15-25-21(23-2)24-14-18-6-4-5-17(12-18)13-22/h4-8,11-12H,9-10,14-15H2,1-3H3,(H2,23,24,25). The van der Waals surface area contributed by atoms with Crippen LogP contribution in [0.5, 0.6) is 5.75 Å². The first kappa shape index (κ1) is 20.3. The lowest BCUT2D eigenvalue weighted by atomic mass is 10.1. The minimum Gasteiger partial charge on any atom is -0.491 e. The van der Waals surface area contributed by atoms with Crippen LogP contribution in [0.3, 0.4) is 0 Å². The molecule has 27 heavy (non-hydrogen) atoms. The van der Waals surface area contributed by atoms with Gasteiger partial charge in [0.05, 0.1) is 18.2 Å². The third-order valence-corrected chi connectivity index (χ3v) is 3.95. The molecule has 0 aromatic heterocycles. The van der Waals surface area contributed by atoms with Gasteiger partial charge in [0, 0.05) is 32.8 Å². The topological polar surface area (TPSA) is 78.7 Å². The predicted molar refractivity (Wildman–Crippen MR) is 107 cm³/mol. The number of aryl methyl sites for hydroxylation is 1. The molecule has 0 bridgehead atoms. The normalized spacial score (nSPS) is 11.0. The van der Waals surface area contributed by atoms with E-state index in [1.807, 2.05) is 37.3 Å². The molecule has 0 atom stereocenters. The fourth-order valence-electron chi connectivity index (χ4n) is 2.51. The Bertz CT molecular complexity index is 812. The summed E-state index contributed by atoms with van der Waals surface area (Å²) in [6.07, 6.45) is 0. The van der Waals surface area contributed by atoms with Crippen molar-refractivity contribution < 1.29 is 9.47 Å². The van der Waals surface area contributed by atoms with Crippen LogP contribution >= 0.6 is 0 Å². The molecule has 0 aliphatic heterocycles. The summed E-state index contributed by atoms with van der Waals surface area (Å²) in [6.45, 7) is 4.26. The summed E-state index contributed by atoms with van der Waals surface area (Å²) in [5, 5.41) is 15.5. The molecule has 0 amide bonds. The van der Waals surface area contributed by atoms with E-state index in [2.05, 4.69) is 27.8 Å². The summed E-state index contributed by atoms with van der Waals surface area (Å²) in [6, 6.07) is 15.8. The van der Waals surface area contributed by atoms with E-state index in [0.29, 0.717) is 37.8 Å². The van der Waals surface area contributed by atoms with Crippen LogP contribution in [0.25, 0.3) is 0 Å². The molecule has 0 heterocycles. The number of hydrogen-bond acceptors (Lipinski definition) is 4. The molecule has 2 N–H and O–H groups in total.